The van der Waals surface area contributed by atoms with Crippen molar-refractivity contribution in [3.63, 3.8) is 0 Å². The zero-order valence-electron chi connectivity index (χ0n) is 55.1. The molecule has 0 amide bonds. The molecule has 0 atom stereocenters. The fourth-order valence-corrected chi connectivity index (χ4v) is 18.7. The summed E-state index contributed by atoms with van der Waals surface area (Å²) in [5.41, 5.74) is 20.0. The average molecular weight is 1310 g/mol. The van der Waals surface area contributed by atoms with Gasteiger partial charge in [-0.1, -0.05) is 206 Å². The minimum atomic E-state index is 0.663. The summed E-state index contributed by atoms with van der Waals surface area (Å²) < 4.78 is 12.5. The normalized spacial score (nSPS) is 12.7. The van der Waals surface area contributed by atoms with Crippen molar-refractivity contribution in [3.8, 4) is 39.8 Å². The molecule has 0 fully saturated rings. The first-order valence-corrected chi connectivity index (χ1v) is 35.4. The van der Waals surface area contributed by atoms with Gasteiger partial charge in [-0.3, -0.25) is 9.13 Å². The Morgan fingerprint density at radius 2 is 0.660 bits per heavy atom. The van der Waals surface area contributed by atoms with Gasteiger partial charge < -0.3 is 13.4 Å². The number of para-hydroxylation sites is 6. The van der Waals surface area contributed by atoms with Crippen LogP contribution in [0.4, 0.5) is 0 Å². The molecule has 0 aliphatic heterocycles. The number of pyridine rings is 1. The first-order valence-electron chi connectivity index (χ1n) is 35.4. The molecule has 0 radical (unpaired) electrons. The van der Waals surface area contributed by atoms with E-state index in [-0.39, 0.29) is 0 Å². The van der Waals surface area contributed by atoms with E-state index in [1.54, 1.807) is 0 Å². The van der Waals surface area contributed by atoms with Gasteiger partial charge in [0.25, 0.3) is 0 Å². The molecule has 0 N–H and O–H groups in total. The highest BCUT2D eigenvalue weighted by atomic mass is 15.1. The first kappa shape index (κ1) is 54.0. The van der Waals surface area contributed by atoms with Crippen LogP contribution in [0.5, 0.6) is 0 Å². The fourth-order valence-electron chi connectivity index (χ4n) is 18.7. The van der Waals surface area contributed by atoms with Gasteiger partial charge in [0.2, 0.25) is 0 Å². The van der Waals surface area contributed by atoms with Gasteiger partial charge in [0.1, 0.15) is 11.6 Å². The van der Waals surface area contributed by atoms with E-state index in [2.05, 4.69) is 338 Å². The average Bonchev–Trinajstić information content (AvgIpc) is 1.52. The monoisotopic (exact) mass is 1300 g/mol. The van der Waals surface area contributed by atoms with Crippen LogP contribution in [0.15, 0.2) is 315 Å². The predicted octanol–water partition coefficient (Wildman–Crippen LogP) is 24.6. The van der Waals surface area contributed by atoms with Crippen LogP contribution < -0.4 is 0 Å². The van der Waals surface area contributed by atoms with Crippen molar-refractivity contribution >= 4 is 196 Å². The van der Waals surface area contributed by atoms with Crippen molar-refractivity contribution in [1.29, 1.82) is 0 Å². The van der Waals surface area contributed by atoms with Crippen molar-refractivity contribution in [2.24, 2.45) is 0 Å². The van der Waals surface area contributed by atoms with Crippen LogP contribution in [0.25, 0.3) is 236 Å². The Balaban J connectivity index is 0.717. The largest absolute Gasteiger partial charge is 0.308 e. The van der Waals surface area contributed by atoms with Crippen LogP contribution in [0, 0.1) is 0 Å². The summed E-state index contributed by atoms with van der Waals surface area (Å²) in [4.78, 5) is 16.9. The number of hydrogen-bond donors (Lipinski definition) is 0. The molecule has 25 rings (SSSR count). The maximum atomic E-state index is 5.83. The van der Waals surface area contributed by atoms with E-state index in [9.17, 15) is 0 Å². The highest BCUT2D eigenvalue weighted by Crippen LogP contribution is 2.51. The predicted molar refractivity (Wildman–Crippen MR) is 431 cm³/mol. The highest BCUT2D eigenvalue weighted by Gasteiger charge is 2.30. The van der Waals surface area contributed by atoms with Crippen LogP contribution in [-0.2, 0) is 0 Å². The van der Waals surface area contributed by atoms with Gasteiger partial charge in [0.05, 0.1) is 82.9 Å². The quantitative estimate of drug-likeness (QED) is 0.172. The Morgan fingerprint density at radius 3 is 1.33 bits per heavy atom. The van der Waals surface area contributed by atoms with E-state index < -0.39 is 0 Å². The Hall–Kier alpha value is -14.0. The lowest BCUT2D eigenvalue weighted by molar-refractivity contribution is 1.08. The van der Waals surface area contributed by atoms with Gasteiger partial charge in [-0.05, 0) is 147 Å². The summed E-state index contributed by atoms with van der Waals surface area (Å²) in [7, 11) is 0. The van der Waals surface area contributed by atoms with Crippen LogP contribution in [0.3, 0.4) is 0 Å². The van der Waals surface area contributed by atoms with E-state index in [0.29, 0.717) is 5.82 Å². The number of aromatic nitrogens is 8. The lowest BCUT2D eigenvalue weighted by Crippen LogP contribution is -2.03. The summed E-state index contributed by atoms with van der Waals surface area (Å²) in [5.74, 6) is 2.38. The number of nitrogens with zero attached hydrogens (tertiary/aromatic N) is 8. The van der Waals surface area contributed by atoms with Gasteiger partial charge in [-0.2, -0.15) is 0 Å². The van der Waals surface area contributed by atoms with Crippen LogP contribution in [-0.4, -0.2) is 37.5 Å². The minimum absolute atomic E-state index is 0.663. The van der Waals surface area contributed by atoms with Gasteiger partial charge >= 0.3 is 0 Å². The van der Waals surface area contributed by atoms with E-state index in [4.69, 9.17) is 15.0 Å². The molecular weight excluding hydrogens is 1250 g/mol. The maximum absolute atomic E-state index is 5.83. The summed E-state index contributed by atoms with van der Waals surface area (Å²) in [5, 5.41) is 26.3. The minimum Gasteiger partial charge on any atom is -0.308 e. The summed E-state index contributed by atoms with van der Waals surface area (Å²) >= 11 is 0. The second-order valence-corrected chi connectivity index (χ2v) is 28.2. The number of rotatable bonds is 5. The standard InChI is InChI=1S/C95H52N8/c1-3-23-57-48-83-69(45-55(57)21-1)73-51-72-68-47-59(41-42-81(68)101-80-39-18-11-32-66(80)88(91(72)101)92(73)102(83)85-52-86(96-75-34-13-7-29-63(75)85)99-78-37-16-10-31-65(78)87-61-27-6-5-20-53(61)40-43-82(87)99)54-25-19-26-60(44-54)94-97-76-35-14-8-30-64(76)95(98-94)103-84-49-58-24-4-2-22-56(58)46-70(84)74-50-71-62-28-9-15-36-77(62)100-79-38-17-12-33-67(79)89(90(71)100)93(74)103/h1-52H. The second-order valence-electron chi connectivity index (χ2n) is 28.2. The third kappa shape index (κ3) is 7.01. The lowest BCUT2D eigenvalue weighted by Gasteiger charge is -2.16. The van der Waals surface area contributed by atoms with Crippen LogP contribution in [0.1, 0.15) is 0 Å². The Labute approximate surface area is 584 Å². The molecule has 9 heterocycles. The molecule has 103 heavy (non-hydrogen) atoms. The SMILES string of the molecule is c1cc(-c2ccc3c(c2)c2cc4c5cc6ccccc6cc5n(-c5cc(-n6c7ccccc7c7c8ccccc8ccc76)nc6ccccc56)c4c4c5ccccc5n3c24)cc(-c2nc(-n3c4cc5ccccc5cc4c4cc5c6ccccc6n6c7ccccc7c(c43)c56)c3ccccc3n2)c1. The first-order chi connectivity index (χ1) is 51.1. The molecule has 0 aliphatic carbocycles. The third-order valence-electron chi connectivity index (χ3n) is 23.0. The molecule has 16 aromatic carbocycles. The number of hydrogen-bond acceptors (Lipinski definition) is 3. The smallest absolute Gasteiger partial charge is 0.162 e. The number of fused-ring (bicyclic) bond motifs is 29. The van der Waals surface area contributed by atoms with E-state index >= 15 is 0 Å². The topological polar surface area (TPSA) is 62.3 Å². The van der Waals surface area contributed by atoms with E-state index in [1.165, 1.54) is 141 Å². The highest BCUT2D eigenvalue weighted by molar-refractivity contribution is 6.37. The van der Waals surface area contributed by atoms with Crippen molar-refractivity contribution in [1.82, 2.24) is 37.5 Å². The molecule has 472 valence electrons. The van der Waals surface area contributed by atoms with Crippen molar-refractivity contribution in [2.75, 3.05) is 0 Å². The van der Waals surface area contributed by atoms with Crippen LogP contribution in [0.2, 0.25) is 0 Å². The molecular formula is C95H52N8. The zero-order chi connectivity index (χ0) is 66.6. The van der Waals surface area contributed by atoms with Gasteiger partial charge in [0.15, 0.2) is 5.82 Å². The Kier molecular flexibility index (Phi) is 10.2. The molecule has 0 spiro atoms. The van der Waals surface area contributed by atoms with Gasteiger partial charge in [0, 0.05) is 97.8 Å². The Morgan fingerprint density at radius 1 is 0.204 bits per heavy atom. The maximum Gasteiger partial charge on any atom is 0.162 e. The molecule has 0 saturated heterocycles. The van der Waals surface area contributed by atoms with E-state index in [1.807, 2.05) is 0 Å². The molecule has 25 aromatic rings. The second kappa shape index (κ2) is 19.5. The summed E-state index contributed by atoms with van der Waals surface area (Å²) in [6, 6.07) is 117. The molecule has 0 aliphatic rings. The lowest BCUT2D eigenvalue weighted by atomic mass is 9.98. The van der Waals surface area contributed by atoms with Crippen molar-refractivity contribution < 1.29 is 0 Å². The molecule has 8 heteroatoms. The summed E-state index contributed by atoms with van der Waals surface area (Å²) in [6.45, 7) is 0. The molecule has 0 unspecified atom stereocenters. The molecule has 9 aromatic heterocycles. The van der Waals surface area contributed by atoms with Crippen molar-refractivity contribution in [2.45, 2.75) is 0 Å². The number of benzene rings is 16. The summed E-state index contributed by atoms with van der Waals surface area (Å²) in [6.07, 6.45) is 0. The zero-order valence-corrected chi connectivity index (χ0v) is 55.1. The van der Waals surface area contributed by atoms with E-state index in [0.717, 1.165) is 88.9 Å². The fraction of sp³-hybridized carbons (Fsp3) is 0. The Bertz CT molecular complexity index is 8140. The van der Waals surface area contributed by atoms with Crippen molar-refractivity contribution in [3.05, 3.63) is 315 Å². The molecule has 8 nitrogen and oxygen atoms in total. The van der Waals surface area contributed by atoms with Gasteiger partial charge in [-0.15, -0.1) is 0 Å². The third-order valence-corrected chi connectivity index (χ3v) is 23.0. The van der Waals surface area contributed by atoms with Gasteiger partial charge in [-0.25, -0.2) is 15.0 Å². The molecule has 0 bridgehead atoms. The van der Waals surface area contributed by atoms with Crippen LogP contribution >= 0.6 is 0 Å². The molecule has 0 saturated carbocycles.